The number of nitrogens with one attached hydrogen (secondary N) is 1. The van der Waals surface area contributed by atoms with Crippen LogP contribution in [0.1, 0.15) is 12.0 Å². The third-order valence-corrected chi connectivity index (χ3v) is 4.87. The molecule has 0 bridgehead atoms. The Kier molecular flexibility index (Phi) is 4.18. The molecule has 1 aliphatic heterocycles. The molecule has 0 spiro atoms. The van der Waals surface area contributed by atoms with E-state index in [1.165, 1.54) is 11.3 Å². The smallest absolute Gasteiger partial charge is 0.145 e. The number of ether oxygens (including phenoxy) is 1. The van der Waals surface area contributed by atoms with Crippen molar-refractivity contribution in [1.82, 2.24) is 4.98 Å². The lowest BCUT2D eigenvalue weighted by Crippen LogP contribution is -2.26. The first-order chi connectivity index (χ1) is 12.2. The Balaban J connectivity index is 1.55. The first-order valence-electron chi connectivity index (χ1n) is 8.74. The molecule has 1 aliphatic rings. The molecule has 128 valence electrons. The number of pyridine rings is 1. The number of aryl methyl sites for hydroxylation is 1. The molecule has 1 aromatic heterocycles. The van der Waals surface area contributed by atoms with Crippen LogP contribution in [0.4, 0.5) is 11.4 Å². The fourth-order valence-corrected chi connectivity index (χ4v) is 3.60. The Hall–Kier alpha value is -2.75. The lowest BCUT2D eigenvalue weighted by Gasteiger charge is -2.20. The van der Waals surface area contributed by atoms with Crippen molar-refractivity contribution in [2.45, 2.75) is 19.4 Å². The molecule has 2 heterocycles. The van der Waals surface area contributed by atoms with Gasteiger partial charge in [0.25, 0.3) is 0 Å². The molecule has 25 heavy (non-hydrogen) atoms. The van der Waals surface area contributed by atoms with Gasteiger partial charge in [-0.15, -0.1) is 0 Å². The van der Waals surface area contributed by atoms with E-state index in [0.717, 1.165) is 41.9 Å². The summed E-state index contributed by atoms with van der Waals surface area (Å²) in [4.78, 5) is 6.94. The largest absolute Gasteiger partial charge is 0.494 e. The van der Waals surface area contributed by atoms with Gasteiger partial charge < -0.3 is 15.0 Å². The van der Waals surface area contributed by atoms with E-state index in [9.17, 15) is 0 Å². The number of fused-ring (bicyclic) bond motifs is 1. The highest BCUT2D eigenvalue weighted by molar-refractivity contribution is 5.94. The Morgan fingerprint density at radius 1 is 1.16 bits per heavy atom. The van der Waals surface area contributed by atoms with Gasteiger partial charge in [-0.05, 0) is 43.2 Å². The number of anilines is 2. The van der Waals surface area contributed by atoms with Gasteiger partial charge in [0, 0.05) is 42.1 Å². The summed E-state index contributed by atoms with van der Waals surface area (Å²) in [6.07, 6.45) is 2.97. The number of rotatable bonds is 4. The zero-order valence-corrected chi connectivity index (χ0v) is 14.7. The van der Waals surface area contributed by atoms with Crippen LogP contribution in [0.25, 0.3) is 10.9 Å². The van der Waals surface area contributed by atoms with Crippen LogP contribution in [0, 0.1) is 6.92 Å². The zero-order chi connectivity index (χ0) is 17.2. The van der Waals surface area contributed by atoms with Crippen molar-refractivity contribution in [3.63, 3.8) is 0 Å². The summed E-state index contributed by atoms with van der Waals surface area (Å²) < 4.78 is 5.44. The Labute approximate surface area is 148 Å². The average Bonchev–Trinajstić information content (AvgIpc) is 3.10. The van der Waals surface area contributed by atoms with Crippen molar-refractivity contribution in [3.8, 4) is 5.75 Å². The Morgan fingerprint density at radius 2 is 2.04 bits per heavy atom. The monoisotopic (exact) mass is 333 g/mol. The fourth-order valence-electron chi connectivity index (χ4n) is 3.60. The number of hydrogen-bond acceptors (Lipinski definition) is 4. The average molecular weight is 333 g/mol. The molecule has 0 aliphatic carbocycles. The van der Waals surface area contributed by atoms with Gasteiger partial charge >= 0.3 is 0 Å². The van der Waals surface area contributed by atoms with E-state index < -0.39 is 0 Å². The summed E-state index contributed by atoms with van der Waals surface area (Å²) in [5.74, 6) is 0.814. The minimum Gasteiger partial charge on any atom is -0.494 e. The van der Waals surface area contributed by atoms with Crippen LogP contribution < -0.4 is 15.0 Å². The molecule has 1 fully saturated rings. The van der Waals surface area contributed by atoms with E-state index in [1.54, 1.807) is 7.11 Å². The third-order valence-electron chi connectivity index (χ3n) is 4.87. The first kappa shape index (κ1) is 15.8. The second-order valence-corrected chi connectivity index (χ2v) is 6.63. The highest BCUT2D eigenvalue weighted by Crippen LogP contribution is 2.30. The molecule has 1 N–H and O–H groups in total. The Bertz CT molecular complexity index is 893. The molecule has 1 saturated heterocycles. The second-order valence-electron chi connectivity index (χ2n) is 6.63. The van der Waals surface area contributed by atoms with Crippen molar-refractivity contribution in [2.24, 2.45) is 0 Å². The Morgan fingerprint density at radius 3 is 2.88 bits per heavy atom. The highest BCUT2D eigenvalue weighted by Gasteiger charge is 2.23. The van der Waals surface area contributed by atoms with Crippen molar-refractivity contribution in [2.75, 3.05) is 30.4 Å². The summed E-state index contributed by atoms with van der Waals surface area (Å²) in [5.41, 5.74) is 4.65. The number of methoxy groups -OCH3 is 1. The van der Waals surface area contributed by atoms with Crippen LogP contribution in [0.3, 0.4) is 0 Å². The molecular formula is C21H23N3O. The van der Waals surface area contributed by atoms with Crippen LogP contribution in [-0.4, -0.2) is 31.2 Å². The quantitative estimate of drug-likeness (QED) is 0.775. The van der Waals surface area contributed by atoms with E-state index in [2.05, 4.69) is 58.5 Å². The molecule has 4 rings (SSSR count). The number of nitrogens with zero attached hydrogens (tertiary/aromatic N) is 2. The predicted octanol–water partition coefficient (Wildman–Crippen LogP) is 4.24. The molecule has 4 nitrogen and oxygen atoms in total. The van der Waals surface area contributed by atoms with Gasteiger partial charge in [-0.2, -0.15) is 0 Å². The van der Waals surface area contributed by atoms with Crippen LogP contribution in [0.2, 0.25) is 0 Å². The normalized spacial score (nSPS) is 17.0. The molecule has 1 atom stereocenters. The molecule has 4 heteroatoms. The van der Waals surface area contributed by atoms with Crippen LogP contribution in [0.5, 0.6) is 5.75 Å². The molecule has 0 radical (unpaired) electrons. The minimum atomic E-state index is 0.428. The minimum absolute atomic E-state index is 0.428. The van der Waals surface area contributed by atoms with E-state index in [-0.39, 0.29) is 0 Å². The number of hydrogen-bond donors (Lipinski definition) is 1. The summed E-state index contributed by atoms with van der Waals surface area (Å²) in [6.45, 7) is 4.23. The molecule has 1 unspecified atom stereocenters. The molecule has 0 saturated carbocycles. The van der Waals surface area contributed by atoms with Gasteiger partial charge in [0.15, 0.2) is 0 Å². The number of aromatic nitrogens is 1. The van der Waals surface area contributed by atoms with E-state index in [0.29, 0.717) is 6.04 Å². The standard InChI is InChI=1S/C21H23N3O/c1-15-5-3-6-17(13-15)24-12-10-16(14-24)23-19-9-11-22-21-18(19)7-4-8-20(21)25-2/h3-9,11,13,16H,10,12,14H2,1-2H3,(H,22,23). The zero-order valence-electron chi connectivity index (χ0n) is 14.7. The fraction of sp³-hybridized carbons (Fsp3) is 0.286. The van der Waals surface area contributed by atoms with Gasteiger partial charge in [-0.3, -0.25) is 4.98 Å². The summed E-state index contributed by atoms with van der Waals surface area (Å²) in [5, 5.41) is 4.82. The predicted molar refractivity (Wildman–Crippen MR) is 104 cm³/mol. The van der Waals surface area contributed by atoms with Gasteiger partial charge in [0.05, 0.1) is 7.11 Å². The lowest BCUT2D eigenvalue weighted by atomic mass is 10.1. The van der Waals surface area contributed by atoms with E-state index >= 15 is 0 Å². The van der Waals surface area contributed by atoms with Gasteiger partial charge in [0.1, 0.15) is 11.3 Å². The van der Waals surface area contributed by atoms with E-state index in [4.69, 9.17) is 4.74 Å². The lowest BCUT2D eigenvalue weighted by molar-refractivity contribution is 0.419. The van der Waals surface area contributed by atoms with Crippen molar-refractivity contribution < 1.29 is 4.74 Å². The van der Waals surface area contributed by atoms with Gasteiger partial charge in [-0.1, -0.05) is 24.3 Å². The molecule has 3 aromatic rings. The summed E-state index contributed by atoms with van der Waals surface area (Å²) in [6, 6.07) is 17.3. The molecule has 2 aromatic carbocycles. The summed E-state index contributed by atoms with van der Waals surface area (Å²) >= 11 is 0. The van der Waals surface area contributed by atoms with Crippen LogP contribution in [-0.2, 0) is 0 Å². The maximum atomic E-state index is 5.44. The van der Waals surface area contributed by atoms with Crippen molar-refractivity contribution >= 4 is 22.3 Å². The number of para-hydroxylation sites is 1. The van der Waals surface area contributed by atoms with Gasteiger partial charge in [-0.25, -0.2) is 0 Å². The SMILES string of the molecule is COc1cccc2c(NC3CCN(c4cccc(C)c4)C3)ccnc12. The van der Waals surface area contributed by atoms with Crippen molar-refractivity contribution in [3.05, 3.63) is 60.3 Å². The van der Waals surface area contributed by atoms with Gasteiger partial charge in [0.2, 0.25) is 0 Å². The van der Waals surface area contributed by atoms with Crippen LogP contribution in [0.15, 0.2) is 54.7 Å². The topological polar surface area (TPSA) is 37.4 Å². The van der Waals surface area contributed by atoms with Crippen molar-refractivity contribution in [1.29, 1.82) is 0 Å². The highest BCUT2D eigenvalue weighted by atomic mass is 16.5. The summed E-state index contributed by atoms with van der Waals surface area (Å²) in [7, 11) is 1.69. The van der Waals surface area contributed by atoms with E-state index in [1.807, 2.05) is 18.3 Å². The number of benzene rings is 2. The maximum Gasteiger partial charge on any atom is 0.145 e. The first-order valence-corrected chi connectivity index (χ1v) is 8.74. The second kappa shape index (κ2) is 6.63. The molecular weight excluding hydrogens is 310 g/mol. The maximum absolute atomic E-state index is 5.44. The third kappa shape index (κ3) is 3.12. The van der Waals surface area contributed by atoms with Crippen LogP contribution >= 0.6 is 0 Å². The molecule has 0 amide bonds.